The molecule has 0 radical (unpaired) electrons. The molecule has 72 valence electrons. The van der Waals surface area contributed by atoms with Gasteiger partial charge in [0.25, 0.3) is 0 Å². The van der Waals surface area contributed by atoms with E-state index in [1.165, 1.54) is 0 Å². The van der Waals surface area contributed by atoms with E-state index in [0.717, 1.165) is 0 Å². The number of carbonyl (C=O) groups excluding carboxylic acids is 1. The molecular weight excluding hydrogens is 178 g/mol. The smallest absolute Gasteiger partial charge is 0.319 e. The van der Waals surface area contributed by atoms with Crippen molar-refractivity contribution in [3.05, 3.63) is 29.8 Å². The SMILES string of the molecule is CCNC(=O)Nc1ccccc1C#N. The molecule has 0 saturated heterocycles. The molecule has 0 unspecified atom stereocenters. The normalized spacial score (nSPS) is 8.86. The highest BCUT2D eigenvalue weighted by Crippen LogP contribution is 2.12. The minimum absolute atomic E-state index is 0.296. The van der Waals surface area contributed by atoms with Crippen LogP contribution in [0.4, 0.5) is 10.5 Å². The van der Waals surface area contributed by atoms with Crippen LogP contribution in [0.15, 0.2) is 24.3 Å². The zero-order valence-corrected chi connectivity index (χ0v) is 7.87. The second-order valence-electron chi connectivity index (χ2n) is 2.64. The molecule has 0 atom stereocenters. The third-order valence-electron chi connectivity index (χ3n) is 1.63. The second-order valence-corrected chi connectivity index (χ2v) is 2.64. The number of benzene rings is 1. The molecule has 0 aliphatic heterocycles. The molecule has 2 N–H and O–H groups in total. The van der Waals surface area contributed by atoms with Gasteiger partial charge in [-0.25, -0.2) is 4.79 Å². The fourth-order valence-corrected chi connectivity index (χ4v) is 1.02. The maximum absolute atomic E-state index is 11.1. The number of nitrogens with one attached hydrogen (secondary N) is 2. The van der Waals surface area contributed by atoms with Crippen molar-refractivity contribution in [3.63, 3.8) is 0 Å². The van der Waals surface area contributed by atoms with Gasteiger partial charge in [0.05, 0.1) is 11.3 Å². The number of carbonyl (C=O) groups is 1. The molecule has 0 aromatic heterocycles. The molecule has 14 heavy (non-hydrogen) atoms. The highest BCUT2D eigenvalue weighted by atomic mass is 16.2. The van der Waals surface area contributed by atoms with E-state index in [1.807, 2.05) is 13.0 Å². The number of urea groups is 1. The van der Waals surface area contributed by atoms with Crippen molar-refractivity contribution in [2.75, 3.05) is 11.9 Å². The van der Waals surface area contributed by atoms with Gasteiger partial charge >= 0.3 is 6.03 Å². The van der Waals surface area contributed by atoms with E-state index < -0.39 is 0 Å². The van der Waals surface area contributed by atoms with Gasteiger partial charge in [0, 0.05) is 6.54 Å². The first-order valence-corrected chi connectivity index (χ1v) is 4.32. The highest BCUT2D eigenvalue weighted by Gasteiger charge is 2.03. The van der Waals surface area contributed by atoms with Crippen LogP contribution in [0.25, 0.3) is 0 Å². The molecule has 1 aromatic carbocycles. The second kappa shape index (κ2) is 4.87. The summed E-state index contributed by atoms with van der Waals surface area (Å²) in [4.78, 5) is 11.1. The lowest BCUT2D eigenvalue weighted by molar-refractivity contribution is 0.252. The Labute approximate surface area is 82.5 Å². The number of nitriles is 1. The van der Waals surface area contributed by atoms with E-state index in [9.17, 15) is 4.79 Å². The number of nitrogens with zero attached hydrogens (tertiary/aromatic N) is 1. The lowest BCUT2D eigenvalue weighted by atomic mass is 10.2. The van der Waals surface area contributed by atoms with Gasteiger partial charge in [0.1, 0.15) is 6.07 Å². The fourth-order valence-electron chi connectivity index (χ4n) is 1.02. The summed E-state index contributed by atoms with van der Waals surface area (Å²) in [6, 6.07) is 8.56. The number of anilines is 1. The van der Waals surface area contributed by atoms with Gasteiger partial charge in [-0.3, -0.25) is 0 Å². The molecule has 4 heteroatoms. The monoisotopic (exact) mass is 189 g/mol. The molecule has 0 bridgehead atoms. The Kier molecular flexibility index (Phi) is 3.50. The molecule has 1 rings (SSSR count). The summed E-state index contributed by atoms with van der Waals surface area (Å²) in [5, 5.41) is 13.9. The van der Waals surface area contributed by atoms with Gasteiger partial charge in [-0.05, 0) is 19.1 Å². The molecular formula is C10H11N3O. The first-order chi connectivity index (χ1) is 6.77. The minimum Gasteiger partial charge on any atom is -0.338 e. The van der Waals surface area contributed by atoms with Crippen LogP contribution >= 0.6 is 0 Å². The summed E-state index contributed by atoms with van der Waals surface area (Å²) in [7, 11) is 0. The van der Waals surface area contributed by atoms with E-state index >= 15 is 0 Å². The third kappa shape index (κ3) is 2.49. The van der Waals surface area contributed by atoms with Gasteiger partial charge in [0.2, 0.25) is 0 Å². The average Bonchev–Trinajstić information content (AvgIpc) is 2.19. The van der Waals surface area contributed by atoms with Gasteiger partial charge in [0.15, 0.2) is 0 Å². The summed E-state index contributed by atoms with van der Waals surface area (Å²) in [6.45, 7) is 2.39. The molecule has 0 aliphatic carbocycles. The van der Waals surface area contributed by atoms with Gasteiger partial charge < -0.3 is 10.6 Å². The molecule has 0 aliphatic rings. The minimum atomic E-state index is -0.296. The predicted octanol–water partition coefficient (Wildman–Crippen LogP) is 1.70. The van der Waals surface area contributed by atoms with Crippen LogP contribution in [0.3, 0.4) is 0 Å². The van der Waals surface area contributed by atoms with E-state index in [4.69, 9.17) is 5.26 Å². The number of rotatable bonds is 2. The summed E-state index contributed by atoms with van der Waals surface area (Å²) >= 11 is 0. The summed E-state index contributed by atoms with van der Waals surface area (Å²) in [6.07, 6.45) is 0. The summed E-state index contributed by atoms with van der Waals surface area (Å²) in [5.41, 5.74) is 0.986. The number of amides is 2. The average molecular weight is 189 g/mol. The molecule has 0 heterocycles. The number of hydrogen-bond donors (Lipinski definition) is 2. The fraction of sp³-hybridized carbons (Fsp3) is 0.200. The Morgan fingerprint density at radius 2 is 2.21 bits per heavy atom. The predicted molar refractivity (Wildman–Crippen MR) is 53.9 cm³/mol. The largest absolute Gasteiger partial charge is 0.338 e. The van der Waals surface area contributed by atoms with Gasteiger partial charge in [-0.15, -0.1) is 0 Å². The Morgan fingerprint density at radius 3 is 2.86 bits per heavy atom. The Bertz CT molecular complexity index is 368. The van der Waals surface area contributed by atoms with Crippen LogP contribution in [0.5, 0.6) is 0 Å². The molecule has 4 nitrogen and oxygen atoms in total. The van der Waals surface area contributed by atoms with Crippen LogP contribution in [-0.2, 0) is 0 Å². The van der Waals surface area contributed by atoms with Crippen molar-refractivity contribution in [3.8, 4) is 6.07 Å². The molecule has 1 aromatic rings. The van der Waals surface area contributed by atoms with Crippen molar-refractivity contribution in [1.29, 1.82) is 5.26 Å². The quantitative estimate of drug-likeness (QED) is 0.743. The van der Waals surface area contributed by atoms with Crippen LogP contribution in [-0.4, -0.2) is 12.6 Å². The maximum atomic E-state index is 11.1. The molecule has 2 amide bonds. The van der Waals surface area contributed by atoms with E-state index in [-0.39, 0.29) is 6.03 Å². The van der Waals surface area contributed by atoms with E-state index in [1.54, 1.807) is 24.3 Å². The van der Waals surface area contributed by atoms with Crippen molar-refractivity contribution in [1.82, 2.24) is 5.32 Å². The van der Waals surface area contributed by atoms with Crippen LogP contribution in [0.1, 0.15) is 12.5 Å². The van der Waals surface area contributed by atoms with Crippen molar-refractivity contribution in [2.45, 2.75) is 6.92 Å². The van der Waals surface area contributed by atoms with E-state index in [0.29, 0.717) is 17.8 Å². The third-order valence-corrected chi connectivity index (χ3v) is 1.63. The summed E-state index contributed by atoms with van der Waals surface area (Å²) < 4.78 is 0. The number of para-hydroxylation sites is 1. The zero-order valence-electron chi connectivity index (χ0n) is 7.87. The highest BCUT2D eigenvalue weighted by molar-refractivity contribution is 5.90. The lowest BCUT2D eigenvalue weighted by Gasteiger charge is -2.06. The maximum Gasteiger partial charge on any atom is 0.319 e. The Hall–Kier alpha value is -2.02. The molecule has 0 fully saturated rings. The van der Waals surface area contributed by atoms with Crippen molar-refractivity contribution >= 4 is 11.7 Å². The topological polar surface area (TPSA) is 64.9 Å². The van der Waals surface area contributed by atoms with Crippen molar-refractivity contribution in [2.24, 2.45) is 0 Å². The van der Waals surface area contributed by atoms with Gasteiger partial charge in [-0.2, -0.15) is 5.26 Å². The van der Waals surface area contributed by atoms with Crippen molar-refractivity contribution < 1.29 is 4.79 Å². The Balaban J connectivity index is 2.77. The van der Waals surface area contributed by atoms with Crippen LogP contribution in [0, 0.1) is 11.3 Å². The molecule has 0 spiro atoms. The molecule has 0 saturated carbocycles. The van der Waals surface area contributed by atoms with Gasteiger partial charge in [-0.1, -0.05) is 12.1 Å². The van der Waals surface area contributed by atoms with Crippen LogP contribution < -0.4 is 10.6 Å². The standard InChI is InChI=1S/C10H11N3O/c1-2-12-10(14)13-9-6-4-3-5-8(9)7-11/h3-6H,2H2,1H3,(H2,12,13,14). The summed E-state index contributed by atoms with van der Waals surface area (Å²) in [5.74, 6) is 0. The lowest BCUT2D eigenvalue weighted by Crippen LogP contribution is -2.28. The first-order valence-electron chi connectivity index (χ1n) is 4.32. The van der Waals surface area contributed by atoms with E-state index in [2.05, 4.69) is 10.6 Å². The number of hydrogen-bond acceptors (Lipinski definition) is 2. The Morgan fingerprint density at radius 1 is 1.50 bits per heavy atom. The first kappa shape index (κ1) is 10.1. The van der Waals surface area contributed by atoms with Crippen LogP contribution in [0.2, 0.25) is 0 Å². The zero-order chi connectivity index (χ0) is 10.4.